The molecule has 0 saturated carbocycles. The molecule has 2 N–H and O–H groups in total. The maximum atomic E-state index is 5.52. The number of aryl methyl sites for hydroxylation is 1. The SMILES string of the molecule is Cc1oc(CN)cc1CN1CC=CC1. The van der Waals surface area contributed by atoms with Crippen LogP contribution in [-0.2, 0) is 13.1 Å². The van der Waals surface area contributed by atoms with Crippen molar-refractivity contribution < 1.29 is 4.42 Å². The van der Waals surface area contributed by atoms with Crippen molar-refractivity contribution in [1.29, 1.82) is 0 Å². The van der Waals surface area contributed by atoms with Crippen molar-refractivity contribution >= 4 is 0 Å². The van der Waals surface area contributed by atoms with Gasteiger partial charge in [0.2, 0.25) is 0 Å². The minimum absolute atomic E-state index is 0.485. The molecule has 1 aliphatic rings. The summed E-state index contributed by atoms with van der Waals surface area (Å²) in [6.45, 7) is 5.53. The van der Waals surface area contributed by atoms with Crippen LogP contribution in [0.25, 0.3) is 0 Å². The van der Waals surface area contributed by atoms with E-state index in [0.717, 1.165) is 31.2 Å². The molecule has 0 spiro atoms. The van der Waals surface area contributed by atoms with Crippen LogP contribution in [0.4, 0.5) is 0 Å². The van der Waals surface area contributed by atoms with Crippen molar-refractivity contribution in [2.45, 2.75) is 20.0 Å². The molecule has 2 heterocycles. The van der Waals surface area contributed by atoms with Crippen molar-refractivity contribution in [3.63, 3.8) is 0 Å². The highest BCUT2D eigenvalue weighted by molar-refractivity contribution is 5.21. The Morgan fingerprint density at radius 1 is 1.43 bits per heavy atom. The van der Waals surface area contributed by atoms with Crippen molar-refractivity contribution in [2.75, 3.05) is 13.1 Å². The summed E-state index contributed by atoms with van der Waals surface area (Å²) in [6, 6.07) is 2.06. The number of furan rings is 1. The van der Waals surface area contributed by atoms with Gasteiger partial charge in [-0.1, -0.05) is 12.2 Å². The largest absolute Gasteiger partial charge is 0.465 e. The minimum Gasteiger partial charge on any atom is -0.465 e. The van der Waals surface area contributed by atoms with E-state index in [0.29, 0.717) is 6.54 Å². The summed E-state index contributed by atoms with van der Waals surface area (Å²) in [5.41, 5.74) is 6.78. The Hall–Kier alpha value is -1.06. The average Bonchev–Trinajstić information content (AvgIpc) is 2.78. The highest BCUT2D eigenvalue weighted by atomic mass is 16.3. The molecule has 3 heteroatoms. The average molecular weight is 192 g/mol. The van der Waals surface area contributed by atoms with Crippen molar-refractivity contribution in [2.24, 2.45) is 5.73 Å². The van der Waals surface area contributed by atoms with E-state index in [1.54, 1.807) is 0 Å². The lowest BCUT2D eigenvalue weighted by Gasteiger charge is -2.13. The highest BCUT2D eigenvalue weighted by Gasteiger charge is 2.11. The first-order chi connectivity index (χ1) is 6.79. The van der Waals surface area contributed by atoms with E-state index in [2.05, 4.69) is 23.1 Å². The topological polar surface area (TPSA) is 42.4 Å². The molecule has 14 heavy (non-hydrogen) atoms. The molecule has 2 rings (SSSR count). The number of nitrogens with zero attached hydrogens (tertiary/aromatic N) is 1. The predicted molar refractivity (Wildman–Crippen MR) is 55.8 cm³/mol. The zero-order chi connectivity index (χ0) is 9.97. The molecule has 0 radical (unpaired) electrons. The Labute approximate surface area is 84.2 Å². The molecule has 0 bridgehead atoms. The Morgan fingerprint density at radius 3 is 2.71 bits per heavy atom. The monoisotopic (exact) mass is 192 g/mol. The van der Waals surface area contributed by atoms with E-state index >= 15 is 0 Å². The summed E-state index contributed by atoms with van der Waals surface area (Å²) >= 11 is 0. The second kappa shape index (κ2) is 3.98. The van der Waals surface area contributed by atoms with Crippen LogP contribution in [0.3, 0.4) is 0 Å². The molecule has 0 aromatic carbocycles. The quantitative estimate of drug-likeness (QED) is 0.736. The van der Waals surface area contributed by atoms with Gasteiger partial charge in [-0.15, -0.1) is 0 Å². The normalized spacial score (nSPS) is 16.7. The molecule has 1 aliphatic heterocycles. The molecule has 0 aliphatic carbocycles. The lowest BCUT2D eigenvalue weighted by molar-refractivity contribution is 0.341. The summed E-state index contributed by atoms with van der Waals surface area (Å²) in [5.74, 6) is 1.88. The highest BCUT2D eigenvalue weighted by Crippen LogP contribution is 2.17. The lowest BCUT2D eigenvalue weighted by Crippen LogP contribution is -2.19. The number of rotatable bonds is 3. The standard InChI is InChI=1S/C11H16N2O/c1-9-10(6-11(7-12)14-9)8-13-4-2-3-5-13/h2-3,6H,4-5,7-8,12H2,1H3. The van der Waals surface area contributed by atoms with Crippen molar-refractivity contribution in [1.82, 2.24) is 4.90 Å². The first-order valence-electron chi connectivity index (χ1n) is 4.95. The Bertz CT molecular complexity index is 333. The molecule has 76 valence electrons. The molecular formula is C11H16N2O. The van der Waals surface area contributed by atoms with E-state index in [1.165, 1.54) is 5.56 Å². The van der Waals surface area contributed by atoms with E-state index in [-0.39, 0.29) is 0 Å². The molecule has 3 nitrogen and oxygen atoms in total. The van der Waals surface area contributed by atoms with Crippen LogP contribution in [0.15, 0.2) is 22.6 Å². The smallest absolute Gasteiger partial charge is 0.118 e. The van der Waals surface area contributed by atoms with Gasteiger partial charge in [0, 0.05) is 25.2 Å². The molecule has 0 atom stereocenters. The fraction of sp³-hybridized carbons (Fsp3) is 0.455. The van der Waals surface area contributed by atoms with Crippen LogP contribution in [0.5, 0.6) is 0 Å². The van der Waals surface area contributed by atoms with Gasteiger partial charge < -0.3 is 10.2 Å². The third-order valence-corrected chi connectivity index (χ3v) is 2.56. The second-order valence-electron chi connectivity index (χ2n) is 3.66. The first kappa shape index (κ1) is 9.49. The van der Waals surface area contributed by atoms with Gasteiger partial charge in [0.25, 0.3) is 0 Å². The molecule has 1 aromatic heterocycles. The molecule has 1 aromatic rings. The maximum absolute atomic E-state index is 5.52. The number of hydrogen-bond donors (Lipinski definition) is 1. The van der Waals surface area contributed by atoms with Crippen LogP contribution in [0.2, 0.25) is 0 Å². The summed E-state index contributed by atoms with van der Waals surface area (Å²) in [6.07, 6.45) is 4.39. The lowest BCUT2D eigenvalue weighted by atomic mass is 10.2. The van der Waals surface area contributed by atoms with E-state index < -0.39 is 0 Å². The van der Waals surface area contributed by atoms with Gasteiger partial charge in [0.1, 0.15) is 11.5 Å². The van der Waals surface area contributed by atoms with Crippen molar-refractivity contribution in [3.05, 3.63) is 35.3 Å². The molecule has 0 unspecified atom stereocenters. The zero-order valence-corrected chi connectivity index (χ0v) is 8.49. The van der Waals surface area contributed by atoms with Gasteiger partial charge >= 0.3 is 0 Å². The van der Waals surface area contributed by atoms with E-state index in [1.807, 2.05) is 6.92 Å². The minimum atomic E-state index is 0.485. The van der Waals surface area contributed by atoms with Gasteiger partial charge in [-0.25, -0.2) is 0 Å². The third-order valence-electron chi connectivity index (χ3n) is 2.56. The third kappa shape index (κ3) is 1.89. The Balaban J connectivity index is 2.04. The van der Waals surface area contributed by atoms with Crippen LogP contribution in [-0.4, -0.2) is 18.0 Å². The maximum Gasteiger partial charge on any atom is 0.118 e. The first-order valence-corrected chi connectivity index (χ1v) is 4.95. The molecular weight excluding hydrogens is 176 g/mol. The van der Waals surface area contributed by atoms with Gasteiger partial charge in [-0.3, -0.25) is 4.90 Å². The number of hydrogen-bond acceptors (Lipinski definition) is 3. The molecule has 0 fully saturated rings. The van der Waals surface area contributed by atoms with Gasteiger partial charge in [0.05, 0.1) is 6.54 Å². The zero-order valence-electron chi connectivity index (χ0n) is 8.49. The Morgan fingerprint density at radius 2 is 2.14 bits per heavy atom. The van der Waals surface area contributed by atoms with Crippen LogP contribution < -0.4 is 5.73 Å². The van der Waals surface area contributed by atoms with Crippen LogP contribution >= 0.6 is 0 Å². The van der Waals surface area contributed by atoms with Gasteiger partial charge in [-0.05, 0) is 13.0 Å². The van der Waals surface area contributed by atoms with Crippen LogP contribution in [0.1, 0.15) is 17.1 Å². The van der Waals surface area contributed by atoms with Gasteiger partial charge in [-0.2, -0.15) is 0 Å². The van der Waals surface area contributed by atoms with E-state index in [9.17, 15) is 0 Å². The molecule has 0 saturated heterocycles. The number of nitrogens with two attached hydrogens (primary N) is 1. The van der Waals surface area contributed by atoms with Crippen molar-refractivity contribution in [3.8, 4) is 0 Å². The predicted octanol–water partition coefficient (Wildman–Crippen LogP) is 1.42. The van der Waals surface area contributed by atoms with Gasteiger partial charge in [0.15, 0.2) is 0 Å². The fourth-order valence-electron chi connectivity index (χ4n) is 1.74. The summed E-state index contributed by atoms with van der Waals surface area (Å²) < 4.78 is 5.50. The Kier molecular flexibility index (Phi) is 2.70. The summed E-state index contributed by atoms with van der Waals surface area (Å²) in [4.78, 5) is 2.36. The second-order valence-corrected chi connectivity index (χ2v) is 3.66. The fourth-order valence-corrected chi connectivity index (χ4v) is 1.74. The van der Waals surface area contributed by atoms with Crippen LogP contribution in [0, 0.1) is 6.92 Å². The summed E-state index contributed by atoms with van der Waals surface area (Å²) in [7, 11) is 0. The molecule has 0 amide bonds. The summed E-state index contributed by atoms with van der Waals surface area (Å²) in [5, 5.41) is 0. The van der Waals surface area contributed by atoms with E-state index in [4.69, 9.17) is 10.2 Å².